The van der Waals surface area contributed by atoms with Crippen LogP contribution >= 0.6 is 11.8 Å². The van der Waals surface area contributed by atoms with E-state index in [2.05, 4.69) is 26.0 Å². The second-order valence-corrected chi connectivity index (χ2v) is 7.00. The molecule has 28 heavy (non-hydrogen) atoms. The zero-order valence-corrected chi connectivity index (χ0v) is 15.7. The van der Waals surface area contributed by atoms with Crippen molar-refractivity contribution in [2.45, 2.75) is 17.3 Å². The number of nitrogens with zero attached hydrogens (tertiary/aromatic N) is 5. The van der Waals surface area contributed by atoms with Crippen LogP contribution in [0.4, 0.5) is 5.82 Å². The maximum absolute atomic E-state index is 13.0. The summed E-state index contributed by atoms with van der Waals surface area (Å²) in [5.74, 6) is 0.742. The highest BCUT2D eigenvalue weighted by atomic mass is 32.2. The van der Waals surface area contributed by atoms with Crippen LogP contribution in [0.2, 0.25) is 0 Å². The van der Waals surface area contributed by atoms with Crippen molar-refractivity contribution in [2.24, 2.45) is 0 Å². The van der Waals surface area contributed by atoms with Crippen LogP contribution < -0.4 is 5.32 Å². The Labute approximate surface area is 164 Å². The fourth-order valence-electron chi connectivity index (χ4n) is 2.61. The molecule has 2 heterocycles. The van der Waals surface area contributed by atoms with Crippen LogP contribution in [-0.2, 0) is 4.79 Å². The van der Waals surface area contributed by atoms with Crippen molar-refractivity contribution in [3.8, 4) is 5.69 Å². The lowest BCUT2D eigenvalue weighted by Crippen LogP contribution is -2.19. The number of aromatic nitrogens is 5. The third-order valence-corrected chi connectivity index (χ3v) is 5.07. The van der Waals surface area contributed by atoms with Crippen molar-refractivity contribution in [3.63, 3.8) is 0 Å². The van der Waals surface area contributed by atoms with E-state index >= 15 is 0 Å². The van der Waals surface area contributed by atoms with Crippen LogP contribution in [0, 0.1) is 6.92 Å². The van der Waals surface area contributed by atoms with Gasteiger partial charge in [0, 0.05) is 6.07 Å². The molecule has 1 N–H and O–H groups in total. The number of carbonyl (C=O) groups excluding carboxylic acids is 1. The molecule has 0 aliphatic heterocycles. The molecule has 2 aromatic carbocycles. The number of amides is 1. The predicted molar refractivity (Wildman–Crippen MR) is 104 cm³/mol. The zero-order chi connectivity index (χ0) is 19.3. The average molecular weight is 392 g/mol. The highest BCUT2D eigenvalue weighted by molar-refractivity contribution is 8.00. The number of tetrazole rings is 1. The summed E-state index contributed by atoms with van der Waals surface area (Å²) in [4.78, 5) is 13.0. The van der Waals surface area contributed by atoms with Gasteiger partial charge >= 0.3 is 0 Å². The Balaban J connectivity index is 1.64. The van der Waals surface area contributed by atoms with Gasteiger partial charge in [0.05, 0.1) is 5.69 Å². The van der Waals surface area contributed by atoms with E-state index in [4.69, 9.17) is 4.52 Å². The maximum atomic E-state index is 13.0. The zero-order valence-electron chi connectivity index (χ0n) is 14.9. The number of para-hydroxylation sites is 1. The van der Waals surface area contributed by atoms with Crippen molar-refractivity contribution in [1.29, 1.82) is 0 Å². The molecule has 9 heteroatoms. The fraction of sp³-hybridized carbons (Fsp3) is 0.105. The summed E-state index contributed by atoms with van der Waals surface area (Å²) in [5, 5.41) is 18.5. The van der Waals surface area contributed by atoms with E-state index in [1.54, 1.807) is 17.7 Å². The monoisotopic (exact) mass is 392 g/mol. The number of thioether (sulfide) groups is 1. The molecule has 0 spiro atoms. The largest absolute Gasteiger partial charge is 0.360 e. The topological polar surface area (TPSA) is 98.7 Å². The first-order valence-corrected chi connectivity index (χ1v) is 9.38. The molecule has 4 aromatic rings. The summed E-state index contributed by atoms with van der Waals surface area (Å²) in [6.45, 7) is 1.76. The van der Waals surface area contributed by atoms with Gasteiger partial charge in [-0.25, -0.2) is 0 Å². The molecule has 0 unspecified atom stereocenters. The predicted octanol–water partition coefficient (Wildman–Crippen LogP) is 3.43. The summed E-state index contributed by atoms with van der Waals surface area (Å²) < 4.78 is 6.63. The molecule has 1 atom stereocenters. The molecule has 2 aromatic heterocycles. The first-order chi connectivity index (χ1) is 13.7. The molecule has 0 aliphatic carbocycles. The molecule has 140 valence electrons. The molecule has 0 aliphatic rings. The molecule has 0 fully saturated rings. The van der Waals surface area contributed by atoms with Gasteiger partial charge in [-0.05, 0) is 35.0 Å². The van der Waals surface area contributed by atoms with Crippen LogP contribution in [0.15, 0.2) is 76.4 Å². The van der Waals surface area contributed by atoms with E-state index in [0.717, 1.165) is 11.3 Å². The minimum Gasteiger partial charge on any atom is -0.360 e. The van der Waals surface area contributed by atoms with E-state index in [1.807, 2.05) is 60.7 Å². The standard InChI is InChI=1S/C19H16N6O2S/c1-13-12-16(22-27-13)20-18(26)17(14-8-4-2-5-9-14)28-19-21-23-24-25(19)15-10-6-3-7-11-15/h2-12,17H,1H3,(H,20,22,26)/t17-/m1/s1. The summed E-state index contributed by atoms with van der Waals surface area (Å²) in [7, 11) is 0. The first-order valence-electron chi connectivity index (χ1n) is 8.50. The van der Waals surface area contributed by atoms with Crippen LogP contribution in [-0.4, -0.2) is 31.3 Å². The van der Waals surface area contributed by atoms with E-state index in [9.17, 15) is 4.79 Å². The number of anilines is 1. The molecule has 4 rings (SSSR count). The molecule has 0 radical (unpaired) electrons. The first kappa shape index (κ1) is 17.9. The molecular formula is C19H16N6O2S. The van der Waals surface area contributed by atoms with Crippen LogP contribution in [0.3, 0.4) is 0 Å². The van der Waals surface area contributed by atoms with E-state index in [0.29, 0.717) is 16.7 Å². The van der Waals surface area contributed by atoms with E-state index < -0.39 is 5.25 Å². The summed E-state index contributed by atoms with van der Waals surface area (Å²) in [6.07, 6.45) is 0. The minimum atomic E-state index is -0.577. The quantitative estimate of drug-likeness (QED) is 0.502. The molecule has 1 amide bonds. The smallest absolute Gasteiger partial charge is 0.243 e. The maximum Gasteiger partial charge on any atom is 0.243 e. The van der Waals surface area contributed by atoms with Gasteiger partial charge < -0.3 is 9.84 Å². The van der Waals surface area contributed by atoms with Gasteiger partial charge in [0.2, 0.25) is 11.1 Å². The van der Waals surface area contributed by atoms with Crippen molar-refractivity contribution in [1.82, 2.24) is 25.4 Å². The van der Waals surface area contributed by atoms with Gasteiger partial charge in [-0.1, -0.05) is 65.4 Å². The van der Waals surface area contributed by atoms with E-state index in [1.165, 1.54) is 11.8 Å². The Morgan fingerprint density at radius 1 is 1.11 bits per heavy atom. The highest BCUT2D eigenvalue weighted by Gasteiger charge is 2.26. The summed E-state index contributed by atoms with van der Waals surface area (Å²) in [5.41, 5.74) is 1.64. The van der Waals surface area contributed by atoms with Crippen molar-refractivity contribution < 1.29 is 9.32 Å². The Bertz CT molecular complexity index is 1060. The van der Waals surface area contributed by atoms with Gasteiger partial charge in [0.1, 0.15) is 11.0 Å². The van der Waals surface area contributed by atoms with Crippen LogP contribution in [0.1, 0.15) is 16.6 Å². The van der Waals surface area contributed by atoms with Gasteiger partial charge in [-0.2, -0.15) is 4.68 Å². The summed E-state index contributed by atoms with van der Waals surface area (Å²) >= 11 is 1.26. The van der Waals surface area contributed by atoms with Gasteiger partial charge in [0.25, 0.3) is 0 Å². The van der Waals surface area contributed by atoms with Crippen LogP contribution in [0.5, 0.6) is 0 Å². The Hall–Kier alpha value is -3.46. The normalized spacial score (nSPS) is 11.9. The second-order valence-electron chi connectivity index (χ2n) is 5.93. The number of nitrogens with one attached hydrogen (secondary N) is 1. The SMILES string of the molecule is Cc1cc(NC(=O)[C@H](Sc2nnnn2-c2ccccc2)c2ccccc2)no1. The number of carbonyl (C=O) groups is 1. The lowest BCUT2D eigenvalue weighted by molar-refractivity contribution is -0.115. The number of aryl methyl sites for hydroxylation is 1. The number of hydrogen-bond donors (Lipinski definition) is 1. The summed E-state index contributed by atoms with van der Waals surface area (Å²) in [6, 6.07) is 20.6. The Morgan fingerprint density at radius 2 is 1.82 bits per heavy atom. The van der Waals surface area contributed by atoms with Crippen LogP contribution in [0.25, 0.3) is 5.69 Å². The number of hydrogen-bond acceptors (Lipinski definition) is 7. The Morgan fingerprint density at radius 3 is 2.50 bits per heavy atom. The molecule has 0 saturated carbocycles. The highest BCUT2D eigenvalue weighted by Crippen LogP contribution is 2.35. The van der Waals surface area contributed by atoms with E-state index in [-0.39, 0.29) is 5.91 Å². The lowest BCUT2D eigenvalue weighted by Gasteiger charge is -2.15. The van der Waals surface area contributed by atoms with Crippen molar-refractivity contribution in [3.05, 3.63) is 78.1 Å². The molecule has 0 bridgehead atoms. The molecule has 8 nitrogen and oxygen atoms in total. The van der Waals surface area contributed by atoms with Crippen molar-refractivity contribution in [2.75, 3.05) is 5.32 Å². The van der Waals surface area contributed by atoms with Gasteiger partial charge in [-0.15, -0.1) is 5.10 Å². The number of benzene rings is 2. The third kappa shape index (κ3) is 3.94. The number of rotatable bonds is 6. The van der Waals surface area contributed by atoms with Crippen molar-refractivity contribution >= 4 is 23.5 Å². The average Bonchev–Trinajstić information content (AvgIpc) is 3.36. The second kappa shape index (κ2) is 8.05. The Kier molecular flexibility index (Phi) is 5.16. The molecule has 0 saturated heterocycles. The minimum absolute atomic E-state index is 0.243. The fourth-order valence-corrected chi connectivity index (χ4v) is 3.60. The van der Waals surface area contributed by atoms with Gasteiger partial charge in [0.15, 0.2) is 5.82 Å². The molecular weight excluding hydrogens is 376 g/mol. The lowest BCUT2D eigenvalue weighted by atomic mass is 10.1. The third-order valence-electron chi connectivity index (χ3n) is 3.88. The van der Waals surface area contributed by atoms with Gasteiger partial charge in [-0.3, -0.25) is 4.79 Å².